The summed E-state index contributed by atoms with van der Waals surface area (Å²) in [5, 5.41) is 8.54. The number of carbonyl (C=O) groups excluding carboxylic acids is 2. The van der Waals surface area contributed by atoms with E-state index < -0.39 is 0 Å². The molecule has 1 aliphatic heterocycles. The van der Waals surface area contributed by atoms with E-state index in [0.29, 0.717) is 0 Å². The normalized spacial score (nSPS) is 12.5. The number of rotatable bonds is 3. The molecule has 2 rings (SSSR count). The van der Waals surface area contributed by atoms with Crippen molar-refractivity contribution in [2.75, 3.05) is 23.7 Å². The van der Waals surface area contributed by atoms with E-state index in [1.54, 1.807) is 0 Å². The lowest BCUT2D eigenvalue weighted by molar-refractivity contribution is -0.122. The highest BCUT2D eigenvalue weighted by molar-refractivity contribution is 5.94. The number of benzene rings is 1. The van der Waals surface area contributed by atoms with Crippen molar-refractivity contribution >= 4 is 35.6 Å². The zero-order chi connectivity index (χ0) is 13.0. The second-order valence-corrected chi connectivity index (χ2v) is 4.36. The quantitative estimate of drug-likeness (QED) is 0.788. The van der Waals surface area contributed by atoms with Crippen LogP contribution < -0.4 is 16.0 Å². The summed E-state index contributed by atoms with van der Waals surface area (Å²) in [7, 11) is 0. The fraction of sp³-hybridized carbons (Fsp3) is 0.385. The summed E-state index contributed by atoms with van der Waals surface area (Å²) < 4.78 is 0. The van der Waals surface area contributed by atoms with Crippen molar-refractivity contribution in [3.05, 3.63) is 23.8 Å². The Balaban J connectivity index is 0.00000180. The Labute approximate surface area is 118 Å². The minimum atomic E-state index is -0.214. The molecule has 0 atom stereocenters. The van der Waals surface area contributed by atoms with E-state index in [0.717, 1.165) is 30.8 Å². The van der Waals surface area contributed by atoms with Crippen molar-refractivity contribution in [1.82, 2.24) is 5.32 Å². The lowest BCUT2D eigenvalue weighted by atomic mass is 10.0. The fourth-order valence-corrected chi connectivity index (χ4v) is 1.96. The molecule has 0 unspecified atom stereocenters. The van der Waals surface area contributed by atoms with Crippen LogP contribution >= 0.6 is 12.4 Å². The molecule has 0 fully saturated rings. The molecule has 1 aliphatic rings. The molecule has 2 amide bonds. The van der Waals surface area contributed by atoms with Gasteiger partial charge in [0.2, 0.25) is 11.8 Å². The van der Waals surface area contributed by atoms with Crippen LogP contribution in [0.1, 0.15) is 18.9 Å². The van der Waals surface area contributed by atoms with Gasteiger partial charge in [-0.15, -0.1) is 12.4 Å². The van der Waals surface area contributed by atoms with Crippen molar-refractivity contribution in [3.63, 3.8) is 0 Å². The predicted molar refractivity (Wildman–Crippen MR) is 77.8 cm³/mol. The van der Waals surface area contributed by atoms with E-state index in [9.17, 15) is 9.59 Å². The molecule has 1 aromatic carbocycles. The molecular formula is C13H18ClN3O2. The lowest BCUT2D eigenvalue weighted by Crippen LogP contribution is -2.31. The number of halogens is 1. The molecule has 5 nitrogen and oxygen atoms in total. The number of carbonyl (C=O) groups is 2. The predicted octanol–water partition coefficient (Wildman–Crippen LogP) is 1.54. The summed E-state index contributed by atoms with van der Waals surface area (Å²) in [6.07, 6.45) is 2.13. The first kappa shape index (κ1) is 15.3. The third-order valence-electron chi connectivity index (χ3n) is 2.83. The highest BCUT2D eigenvalue weighted by Gasteiger charge is 2.10. The molecule has 0 saturated carbocycles. The molecular weight excluding hydrogens is 266 g/mol. The van der Waals surface area contributed by atoms with Gasteiger partial charge >= 0.3 is 0 Å². The van der Waals surface area contributed by atoms with Crippen LogP contribution in [-0.2, 0) is 16.0 Å². The minimum absolute atomic E-state index is 0. The van der Waals surface area contributed by atoms with Crippen LogP contribution in [-0.4, -0.2) is 24.9 Å². The van der Waals surface area contributed by atoms with E-state index in [1.165, 1.54) is 12.5 Å². The van der Waals surface area contributed by atoms with Gasteiger partial charge < -0.3 is 16.0 Å². The van der Waals surface area contributed by atoms with Gasteiger partial charge in [0.05, 0.1) is 6.54 Å². The number of aryl methyl sites for hydroxylation is 1. The number of anilines is 2. The first-order valence-corrected chi connectivity index (χ1v) is 6.06. The molecule has 6 heteroatoms. The van der Waals surface area contributed by atoms with Gasteiger partial charge in [0.1, 0.15) is 0 Å². The summed E-state index contributed by atoms with van der Waals surface area (Å²) in [5.74, 6) is -0.422. The average Bonchev–Trinajstić information content (AvgIpc) is 2.36. The molecule has 104 valence electrons. The van der Waals surface area contributed by atoms with E-state index in [2.05, 4.69) is 16.0 Å². The maximum atomic E-state index is 11.5. The third kappa shape index (κ3) is 4.44. The summed E-state index contributed by atoms with van der Waals surface area (Å²) in [4.78, 5) is 22.2. The van der Waals surface area contributed by atoms with E-state index in [1.807, 2.05) is 18.2 Å². The summed E-state index contributed by atoms with van der Waals surface area (Å²) in [6, 6.07) is 5.82. The van der Waals surface area contributed by atoms with Crippen molar-refractivity contribution in [2.45, 2.75) is 19.8 Å². The summed E-state index contributed by atoms with van der Waals surface area (Å²) in [6.45, 7) is 2.39. The van der Waals surface area contributed by atoms with Gasteiger partial charge in [-0.3, -0.25) is 9.59 Å². The van der Waals surface area contributed by atoms with Gasteiger partial charge in [0, 0.05) is 24.8 Å². The van der Waals surface area contributed by atoms with Gasteiger partial charge in [-0.25, -0.2) is 0 Å². The number of nitrogens with one attached hydrogen (secondary N) is 3. The van der Waals surface area contributed by atoms with Crippen LogP contribution in [0.4, 0.5) is 11.4 Å². The molecule has 0 aromatic heterocycles. The maximum Gasteiger partial charge on any atom is 0.243 e. The zero-order valence-corrected chi connectivity index (χ0v) is 11.6. The van der Waals surface area contributed by atoms with Crippen LogP contribution in [0.5, 0.6) is 0 Å². The van der Waals surface area contributed by atoms with E-state index in [-0.39, 0.29) is 30.8 Å². The number of hydrogen-bond donors (Lipinski definition) is 3. The Bertz CT molecular complexity index is 477. The van der Waals surface area contributed by atoms with Gasteiger partial charge in [-0.2, -0.15) is 0 Å². The molecule has 1 heterocycles. The summed E-state index contributed by atoms with van der Waals surface area (Å²) in [5.41, 5.74) is 3.13. The van der Waals surface area contributed by atoms with Gasteiger partial charge in [-0.05, 0) is 36.6 Å². The Morgan fingerprint density at radius 1 is 1.37 bits per heavy atom. The Morgan fingerprint density at radius 3 is 2.89 bits per heavy atom. The molecule has 1 aromatic rings. The molecule has 0 spiro atoms. The van der Waals surface area contributed by atoms with Gasteiger partial charge in [0.25, 0.3) is 0 Å². The van der Waals surface area contributed by atoms with Crippen molar-refractivity contribution in [1.29, 1.82) is 0 Å². The minimum Gasteiger partial charge on any atom is -0.385 e. The Morgan fingerprint density at radius 2 is 2.16 bits per heavy atom. The standard InChI is InChI=1S/C13H17N3O2.ClH/c1-9(17)15-8-13(18)16-11-4-5-12-10(7-11)3-2-6-14-12;/h4-5,7,14H,2-3,6,8H2,1H3,(H,15,17)(H,16,18);1H. The second-order valence-electron chi connectivity index (χ2n) is 4.36. The monoisotopic (exact) mass is 283 g/mol. The first-order chi connectivity index (χ1) is 8.65. The fourth-order valence-electron chi connectivity index (χ4n) is 1.96. The van der Waals surface area contributed by atoms with Crippen LogP contribution in [0, 0.1) is 0 Å². The van der Waals surface area contributed by atoms with Crippen LogP contribution in [0.2, 0.25) is 0 Å². The smallest absolute Gasteiger partial charge is 0.243 e. The molecule has 3 N–H and O–H groups in total. The molecule has 0 saturated heterocycles. The molecule has 0 bridgehead atoms. The Kier molecular flexibility index (Phi) is 5.63. The second kappa shape index (κ2) is 6.99. The highest BCUT2D eigenvalue weighted by Crippen LogP contribution is 2.24. The molecule has 0 radical (unpaired) electrons. The van der Waals surface area contributed by atoms with Crippen LogP contribution in [0.25, 0.3) is 0 Å². The molecule has 0 aliphatic carbocycles. The largest absolute Gasteiger partial charge is 0.385 e. The van der Waals surface area contributed by atoms with E-state index >= 15 is 0 Å². The van der Waals surface area contributed by atoms with Crippen molar-refractivity contribution in [3.8, 4) is 0 Å². The van der Waals surface area contributed by atoms with Crippen LogP contribution in [0.15, 0.2) is 18.2 Å². The zero-order valence-electron chi connectivity index (χ0n) is 10.8. The number of amides is 2. The third-order valence-corrected chi connectivity index (χ3v) is 2.83. The van der Waals surface area contributed by atoms with Crippen molar-refractivity contribution in [2.24, 2.45) is 0 Å². The highest BCUT2D eigenvalue weighted by atomic mass is 35.5. The maximum absolute atomic E-state index is 11.5. The van der Waals surface area contributed by atoms with E-state index in [4.69, 9.17) is 0 Å². The van der Waals surface area contributed by atoms with Crippen LogP contribution in [0.3, 0.4) is 0 Å². The molecule has 19 heavy (non-hydrogen) atoms. The number of hydrogen-bond acceptors (Lipinski definition) is 3. The van der Waals surface area contributed by atoms with Gasteiger partial charge in [0.15, 0.2) is 0 Å². The SMILES string of the molecule is CC(=O)NCC(=O)Nc1ccc2c(c1)CCCN2.Cl. The number of fused-ring (bicyclic) bond motifs is 1. The lowest BCUT2D eigenvalue weighted by Gasteiger charge is -2.18. The van der Waals surface area contributed by atoms with Gasteiger partial charge in [-0.1, -0.05) is 0 Å². The summed E-state index contributed by atoms with van der Waals surface area (Å²) >= 11 is 0. The topological polar surface area (TPSA) is 70.2 Å². The average molecular weight is 284 g/mol. The first-order valence-electron chi connectivity index (χ1n) is 6.06. The Hall–Kier alpha value is -1.75. The van der Waals surface area contributed by atoms with Crippen molar-refractivity contribution < 1.29 is 9.59 Å².